The summed E-state index contributed by atoms with van der Waals surface area (Å²) in [6.07, 6.45) is -0.248. The Balaban J connectivity index is 2.02. The highest BCUT2D eigenvalue weighted by atomic mass is 16.6. The number of nitro groups is 1. The van der Waals surface area contributed by atoms with Gasteiger partial charge in [0.05, 0.1) is 18.5 Å². The number of ether oxygens (including phenoxy) is 1. The molecule has 9 nitrogen and oxygen atoms in total. The van der Waals surface area contributed by atoms with Gasteiger partial charge in [-0.2, -0.15) is 10.1 Å². The highest BCUT2D eigenvalue weighted by Crippen LogP contribution is 2.36. The lowest BCUT2D eigenvalue weighted by Crippen LogP contribution is -2.43. The van der Waals surface area contributed by atoms with Gasteiger partial charge in [-0.1, -0.05) is 30.3 Å². The first-order valence-corrected chi connectivity index (χ1v) is 7.89. The first kappa shape index (κ1) is 18.2. The maximum Gasteiger partial charge on any atom is 0.354 e. The zero-order valence-corrected chi connectivity index (χ0v) is 14.2. The van der Waals surface area contributed by atoms with Crippen LogP contribution in [0.25, 0.3) is 0 Å². The molecule has 0 radical (unpaired) electrons. The van der Waals surface area contributed by atoms with Gasteiger partial charge in [-0.25, -0.2) is 4.79 Å². The van der Waals surface area contributed by atoms with E-state index in [0.717, 1.165) is 5.01 Å². The second-order valence-corrected chi connectivity index (χ2v) is 5.82. The van der Waals surface area contributed by atoms with Crippen LogP contribution in [0.4, 0.5) is 5.69 Å². The van der Waals surface area contributed by atoms with Crippen LogP contribution in [0.15, 0.2) is 59.7 Å². The fourth-order valence-corrected chi connectivity index (χ4v) is 2.77. The molecule has 3 rings (SSSR count). The Labute approximate surface area is 153 Å². The largest absolute Gasteiger partial charge is 0.464 e. The Morgan fingerprint density at radius 2 is 1.81 bits per heavy atom. The number of non-ortho nitro benzene ring substituents is 1. The zero-order valence-electron chi connectivity index (χ0n) is 14.2. The van der Waals surface area contributed by atoms with Crippen LogP contribution in [-0.2, 0) is 15.3 Å². The van der Waals surface area contributed by atoms with Gasteiger partial charge in [0.1, 0.15) is 0 Å². The quantitative estimate of drug-likeness (QED) is 0.498. The minimum atomic E-state index is -1.89. The molecular weight excluding hydrogens is 354 g/mol. The van der Waals surface area contributed by atoms with Gasteiger partial charge in [-0.05, 0) is 12.1 Å². The van der Waals surface area contributed by atoms with Crippen molar-refractivity contribution >= 4 is 23.3 Å². The molecule has 0 saturated heterocycles. The van der Waals surface area contributed by atoms with Crippen LogP contribution in [0.3, 0.4) is 0 Å². The topological polar surface area (TPSA) is 122 Å². The monoisotopic (exact) mass is 369 g/mol. The molecular formula is C18H15N3O6. The molecule has 0 aliphatic carbocycles. The number of nitro benzene ring substituents is 1. The summed E-state index contributed by atoms with van der Waals surface area (Å²) in [4.78, 5) is 35.0. The summed E-state index contributed by atoms with van der Waals surface area (Å²) < 4.78 is 4.65. The summed E-state index contributed by atoms with van der Waals surface area (Å²) in [5.41, 5.74) is -1.74. The molecule has 27 heavy (non-hydrogen) atoms. The third-order valence-corrected chi connectivity index (χ3v) is 4.16. The summed E-state index contributed by atoms with van der Waals surface area (Å²) in [5, 5.41) is 26.7. The van der Waals surface area contributed by atoms with E-state index in [1.54, 1.807) is 30.3 Å². The lowest BCUT2D eigenvalue weighted by Gasteiger charge is -2.31. The van der Waals surface area contributed by atoms with Crippen LogP contribution in [0, 0.1) is 10.1 Å². The lowest BCUT2D eigenvalue weighted by molar-refractivity contribution is -0.384. The summed E-state index contributed by atoms with van der Waals surface area (Å²) in [5.74, 6) is -1.47. The van der Waals surface area contributed by atoms with Crippen molar-refractivity contribution in [1.29, 1.82) is 0 Å². The zero-order chi connectivity index (χ0) is 19.6. The van der Waals surface area contributed by atoms with Crippen LogP contribution in [0.5, 0.6) is 0 Å². The average Bonchev–Trinajstić information content (AvgIpc) is 3.06. The van der Waals surface area contributed by atoms with E-state index in [2.05, 4.69) is 9.84 Å². The second kappa shape index (κ2) is 6.96. The number of benzene rings is 2. The van der Waals surface area contributed by atoms with Crippen LogP contribution in [0.2, 0.25) is 0 Å². The normalized spacial score (nSPS) is 18.7. The van der Waals surface area contributed by atoms with Crippen molar-refractivity contribution < 1.29 is 24.4 Å². The van der Waals surface area contributed by atoms with Crippen LogP contribution < -0.4 is 0 Å². The highest BCUT2D eigenvalue weighted by Gasteiger charge is 2.48. The number of hydrogen-bond donors (Lipinski definition) is 1. The van der Waals surface area contributed by atoms with Crippen molar-refractivity contribution in [2.24, 2.45) is 5.10 Å². The van der Waals surface area contributed by atoms with Crippen LogP contribution in [0.1, 0.15) is 22.3 Å². The van der Waals surface area contributed by atoms with Gasteiger partial charge in [0.25, 0.3) is 11.6 Å². The maximum atomic E-state index is 12.9. The fourth-order valence-electron chi connectivity index (χ4n) is 2.77. The number of hydrazone groups is 1. The Hall–Kier alpha value is -3.59. The number of methoxy groups -OCH3 is 1. The van der Waals surface area contributed by atoms with Gasteiger partial charge in [0.15, 0.2) is 11.4 Å². The molecule has 9 heteroatoms. The minimum absolute atomic E-state index is 0.0739. The van der Waals surface area contributed by atoms with Crippen molar-refractivity contribution in [3.05, 3.63) is 75.8 Å². The molecule has 0 bridgehead atoms. The van der Waals surface area contributed by atoms with Crippen molar-refractivity contribution in [3.8, 4) is 0 Å². The number of aliphatic hydroxyl groups is 1. The van der Waals surface area contributed by atoms with E-state index in [1.165, 1.54) is 31.4 Å². The summed E-state index contributed by atoms with van der Waals surface area (Å²) in [6.45, 7) is 0. The predicted octanol–water partition coefficient (Wildman–Crippen LogP) is 1.81. The highest BCUT2D eigenvalue weighted by molar-refractivity contribution is 6.37. The molecule has 1 unspecified atom stereocenters. The molecule has 1 N–H and O–H groups in total. The number of carbonyl (C=O) groups excluding carboxylic acids is 2. The van der Waals surface area contributed by atoms with Gasteiger partial charge in [0, 0.05) is 23.3 Å². The first-order chi connectivity index (χ1) is 12.9. The third-order valence-electron chi connectivity index (χ3n) is 4.16. The van der Waals surface area contributed by atoms with E-state index in [9.17, 15) is 24.8 Å². The molecule has 1 amide bonds. The standard InChI is InChI=1S/C18H15N3O6/c1-27-17(23)15-11-18(24,13-5-3-2-4-6-13)20(19-15)16(22)12-7-9-14(10-8-12)21(25)26/h2-10,24H,11H2,1H3. The Morgan fingerprint density at radius 3 is 2.37 bits per heavy atom. The Kier molecular flexibility index (Phi) is 4.70. The molecule has 138 valence electrons. The van der Waals surface area contributed by atoms with E-state index >= 15 is 0 Å². The third kappa shape index (κ3) is 3.27. The van der Waals surface area contributed by atoms with Crippen molar-refractivity contribution in [2.45, 2.75) is 12.1 Å². The number of esters is 1. The van der Waals surface area contributed by atoms with Gasteiger partial charge >= 0.3 is 5.97 Å². The number of hydrogen-bond acceptors (Lipinski definition) is 7. The van der Waals surface area contributed by atoms with Gasteiger partial charge < -0.3 is 9.84 Å². The summed E-state index contributed by atoms with van der Waals surface area (Å²) in [7, 11) is 1.17. The van der Waals surface area contributed by atoms with E-state index in [0.29, 0.717) is 5.56 Å². The molecule has 0 aromatic heterocycles. The minimum Gasteiger partial charge on any atom is -0.464 e. The smallest absolute Gasteiger partial charge is 0.354 e. The molecule has 0 fully saturated rings. The number of nitrogens with zero attached hydrogens (tertiary/aromatic N) is 3. The van der Waals surface area contributed by atoms with Crippen molar-refractivity contribution in [3.63, 3.8) is 0 Å². The number of rotatable bonds is 4. The van der Waals surface area contributed by atoms with Crippen molar-refractivity contribution in [2.75, 3.05) is 7.11 Å². The average molecular weight is 369 g/mol. The molecule has 1 aliphatic rings. The van der Waals surface area contributed by atoms with Gasteiger partial charge in [-0.15, -0.1) is 0 Å². The predicted molar refractivity (Wildman–Crippen MR) is 93.7 cm³/mol. The molecule has 1 atom stereocenters. The van der Waals surface area contributed by atoms with Gasteiger partial charge in [-0.3, -0.25) is 14.9 Å². The molecule has 0 saturated carbocycles. The molecule has 0 spiro atoms. The maximum absolute atomic E-state index is 12.9. The van der Waals surface area contributed by atoms with Crippen LogP contribution >= 0.6 is 0 Å². The SMILES string of the molecule is COC(=O)C1=NN(C(=O)c2ccc([N+](=O)[O-])cc2)C(O)(c2ccccc2)C1. The van der Waals surface area contributed by atoms with E-state index in [1.807, 2.05) is 0 Å². The number of carbonyl (C=O) groups is 2. The Morgan fingerprint density at radius 1 is 1.19 bits per heavy atom. The second-order valence-electron chi connectivity index (χ2n) is 5.82. The van der Waals surface area contributed by atoms with E-state index in [4.69, 9.17) is 0 Å². The number of amides is 1. The lowest BCUT2D eigenvalue weighted by atomic mass is 9.97. The van der Waals surface area contributed by atoms with Gasteiger partial charge in [0.2, 0.25) is 0 Å². The molecule has 1 aliphatic heterocycles. The van der Waals surface area contributed by atoms with Crippen molar-refractivity contribution in [1.82, 2.24) is 5.01 Å². The molecule has 1 heterocycles. The fraction of sp³-hybridized carbons (Fsp3) is 0.167. The summed E-state index contributed by atoms with van der Waals surface area (Å²) in [6, 6.07) is 13.2. The molecule has 2 aromatic carbocycles. The van der Waals surface area contributed by atoms with E-state index < -0.39 is 22.5 Å². The summed E-state index contributed by atoms with van der Waals surface area (Å²) >= 11 is 0. The van der Waals surface area contributed by atoms with Crippen LogP contribution in [-0.4, -0.2) is 39.7 Å². The van der Waals surface area contributed by atoms with E-state index in [-0.39, 0.29) is 23.4 Å². The first-order valence-electron chi connectivity index (χ1n) is 7.89. The molecule has 2 aromatic rings. The Bertz CT molecular complexity index is 926.